The summed E-state index contributed by atoms with van der Waals surface area (Å²) in [5, 5.41) is 3.89. The van der Waals surface area contributed by atoms with Crippen LogP contribution in [-0.4, -0.2) is 50.1 Å². The van der Waals surface area contributed by atoms with Crippen molar-refractivity contribution < 1.29 is 9.53 Å². The van der Waals surface area contributed by atoms with E-state index >= 15 is 0 Å². The third-order valence-corrected chi connectivity index (χ3v) is 5.41. The first-order chi connectivity index (χ1) is 13.0. The number of ether oxygens (including phenoxy) is 1. The monoisotopic (exact) mass is 407 g/mol. The van der Waals surface area contributed by atoms with Crippen molar-refractivity contribution in [3.8, 4) is 5.75 Å². The summed E-state index contributed by atoms with van der Waals surface area (Å²) in [4.78, 5) is 17.1. The SMILES string of the molecule is COc1cccc(N2CCN(C(C)C(=O)Nc3cc(Cl)ccc3Cl)CC2)c1. The highest BCUT2D eigenvalue weighted by atomic mass is 35.5. The lowest BCUT2D eigenvalue weighted by Gasteiger charge is -2.38. The first-order valence-electron chi connectivity index (χ1n) is 8.87. The van der Waals surface area contributed by atoms with Crippen molar-refractivity contribution in [1.29, 1.82) is 0 Å². The predicted molar refractivity (Wildman–Crippen MR) is 111 cm³/mol. The fourth-order valence-electron chi connectivity index (χ4n) is 3.17. The highest BCUT2D eigenvalue weighted by molar-refractivity contribution is 6.35. The Kier molecular flexibility index (Phi) is 6.47. The molecular formula is C20H23Cl2N3O2. The third-order valence-electron chi connectivity index (χ3n) is 4.85. The number of carbonyl (C=O) groups excluding carboxylic acids is 1. The Morgan fingerprint density at radius 3 is 2.56 bits per heavy atom. The molecule has 1 saturated heterocycles. The Bertz CT molecular complexity index is 808. The van der Waals surface area contributed by atoms with E-state index in [0.29, 0.717) is 15.7 Å². The summed E-state index contributed by atoms with van der Waals surface area (Å²) >= 11 is 12.1. The maximum Gasteiger partial charge on any atom is 0.241 e. The van der Waals surface area contributed by atoms with Crippen molar-refractivity contribution in [2.75, 3.05) is 43.5 Å². The number of methoxy groups -OCH3 is 1. The highest BCUT2D eigenvalue weighted by Gasteiger charge is 2.26. The van der Waals surface area contributed by atoms with Gasteiger partial charge >= 0.3 is 0 Å². The molecule has 1 unspecified atom stereocenters. The van der Waals surface area contributed by atoms with E-state index in [0.717, 1.165) is 37.6 Å². The number of piperazine rings is 1. The first-order valence-corrected chi connectivity index (χ1v) is 9.62. The van der Waals surface area contributed by atoms with Crippen LogP contribution in [0.1, 0.15) is 6.92 Å². The van der Waals surface area contributed by atoms with Crippen LogP contribution in [0.4, 0.5) is 11.4 Å². The van der Waals surface area contributed by atoms with Crippen LogP contribution in [-0.2, 0) is 4.79 Å². The number of hydrogen-bond donors (Lipinski definition) is 1. The van der Waals surface area contributed by atoms with E-state index in [-0.39, 0.29) is 11.9 Å². The van der Waals surface area contributed by atoms with Gasteiger partial charge in [-0.3, -0.25) is 9.69 Å². The molecule has 0 aromatic heterocycles. The van der Waals surface area contributed by atoms with Crippen molar-refractivity contribution in [2.24, 2.45) is 0 Å². The second-order valence-electron chi connectivity index (χ2n) is 6.51. The molecule has 0 radical (unpaired) electrons. The summed E-state index contributed by atoms with van der Waals surface area (Å²) in [5.41, 5.74) is 1.67. The Balaban J connectivity index is 1.58. The number of amides is 1. The van der Waals surface area contributed by atoms with Crippen molar-refractivity contribution in [3.63, 3.8) is 0 Å². The molecule has 0 bridgehead atoms. The molecule has 1 N–H and O–H groups in total. The van der Waals surface area contributed by atoms with Gasteiger partial charge in [-0.05, 0) is 37.3 Å². The van der Waals surface area contributed by atoms with Gasteiger partial charge in [0.15, 0.2) is 0 Å². The van der Waals surface area contributed by atoms with Crippen LogP contribution in [0.15, 0.2) is 42.5 Å². The molecule has 1 atom stereocenters. The molecule has 0 spiro atoms. The first kappa shape index (κ1) is 19.8. The third kappa shape index (κ3) is 4.86. The zero-order valence-corrected chi connectivity index (χ0v) is 16.9. The smallest absolute Gasteiger partial charge is 0.241 e. The lowest BCUT2D eigenvalue weighted by atomic mass is 10.2. The van der Waals surface area contributed by atoms with Crippen LogP contribution < -0.4 is 15.0 Å². The molecule has 7 heteroatoms. The summed E-state index contributed by atoms with van der Waals surface area (Å²) in [5.74, 6) is 0.759. The standard InChI is InChI=1S/C20H23Cl2N3O2/c1-14(20(26)23-19-12-15(21)6-7-18(19)22)24-8-10-25(11-9-24)16-4-3-5-17(13-16)27-2/h3-7,12-14H,8-11H2,1-2H3,(H,23,26). The Labute approximate surface area is 169 Å². The second kappa shape index (κ2) is 8.83. The number of rotatable bonds is 5. The molecule has 2 aromatic rings. The summed E-state index contributed by atoms with van der Waals surface area (Å²) in [6.45, 7) is 5.21. The zero-order chi connectivity index (χ0) is 19.4. The number of anilines is 2. The molecule has 1 aliphatic heterocycles. The molecule has 3 rings (SSSR count). The van der Waals surface area contributed by atoms with E-state index in [1.165, 1.54) is 0 Å². The lowest BCUT2D eigenvalue weighted by Crippen LogP contribution is -2.52. The summed E-state index contributed by atoms with van der Waals surface area (Å²) in [6, 6.07) is 12.8. The predicted octanol–water partition coefficient (Wildman–Crippen LogP) is 4.15. The quantitative estimate of drug-likeness (QED) is 0.808. The van der Waals surface area contributed by atoms with Crippen molar-refractivity contribution in [2.45, 2.75) is 13.0 Å². The molecule has 0 aliphatic carbocycles. The molecule has 1 heterocycles. The van der Waals surface area contributed by atoms with Gasteiger partial charge in [-0.15, -0.1) is 0 Å². The van der Waals surface area contributed by atoms with Gasteiger partial charge in [0.25, 0.3) is 0 Å². The average Bonchev–Trinajstić information content (AvgIpc) is 2.70. The van der Waals surface area contributed by atoms with E-state index < -0.39 is 0 Å². The van der Waals surface area contributed by atoms with Crippen molar-refractivity contribution >= 4 is 40.5 Å². The van der Waals surface area contributed by atoms with Crippen LogP contribution in [0.3, 0.4) is 0 Å². The highest BCUT2D eigenvalue weighted by Crippen LogP contribution is 2.26. The minimum absolute atomic E-state index is 0.0889. The second-order valence-corrected chi connectivity index (χ2v) is 7.36. The Morgan fingerprint density at radius 1 is 1.11 bits per heavy atom. The summed E-state index contributed by atoms with van der Waals surface area (Å²) < 4.78 is 5.30. The fourth-order valence-corrected chi connectivity index (χ4v) is 3.51. The molecular weight excluding hydrogens is 385 g/mol. The molecule has 27 heavy (non-hydrogen) atoms. The normalized spacial score (nSPS) is 16.1. The van der Waals surface area contributed by atoms with Gasteiger partial charge in [-0.25, -0.2) is 0 Å². The van der Waals surface area contributed by atoms with Crippen LogP contribution >= 0.6 is 23.2 Å². The van der Waals surface area contributed by atoms with Crippen LogP contribution in [0, 0.1) is 0 Å². The lowest BCUT2D eigenvalue weighted by molar-refractivity contribution is -0.120. The van der Waals surface area contributed by atoms with Gasteiger partial charge in [0, 0.05) is 43.0 Å². The van der Waals surface area contributed by atoms with E-state index in [9.17, 15) is 4.79 Å². The number of benzene rings is 2. The van der Waals surface area contributed by atoms with Crippen molar-refractivity contribution in [1.82, 2.24) is 4.90 Å². The molecule has 1 fully saturated rings. The molecule has 0 saturated carbocycles. The zero-order valence-electron chi connectivity index (χ0n) is 15.4. The number of nitrogens with one attached hydrogen (secondary N) is 1. The van der Waals surface area contributed by atoms with Crippen LogP contribution in [0.25, 0.3) is 0 Å². The number of halogens is 2. The van der Waals surface area contributed by atoms with E-state index in [2.05, 4.69) is 21.2 Å². The van der Waals surface area contributed by atoms with Gasteiger partial charge in [-0.1, -0.05) is 29.3 Å². The van der Waals surface area contributed by atoms with E-state index in [1.807, 2.05) is 25.1 Å². The number of carbonyl (C=O) groups is 1. The molecule has 5 nitrogen and oxygen atoms in total. The van der Waals surface area contributed by atoms with Gasteiger partial charge in [-0.2, -0.15) is 0 Å². The largest absolute Gasteiger partial charge is 0.497 e. The maximum absolute atomic E-state index is 12.6. The Morgan fingerprint density at radius 2 is 1.85 bits per heavy atom. The average molecular weight is 408 g/mol. The van der Waals surface area contributed by atoms with E-state index in [4.69, 9.17) is 27.9 Å². The summed E-state index contributed by atoms with van der Waals surface area (Å²) in [7, 11) is 1.67. The van der Waals surface area contributed by atoms with Crippen molar-refractivity contribution in [3.05, 3.63) is 52.5 Å². The van der Waals surface area contributed by atoms with Crippen LogP contribution in [0.2, 0.25) is 10.0 Å². The number of nitrogens with zero attached hydrogens (tertiary/aromatic N) is 2. The fraction of sp³-hybridized carbons (Fsp3) is 0.350. The molecule has 2 aromatic carbocycles. The van der Waals surface area contributed by atoms with Gasteiger partial charge in [0.1, 0.15) is 5.75 Å². The van der Waals surface area contributed by atoms with Gasteiger partial charge in [0.2, 0.25) is 5.91 Å². The summed E-state index contributed by atoms with van der Waals surface area (Å²) in [6.07, 6.45) is 0. The van der Waals surface area contributed by atoms with E-state index in [1.54, 1.807) is 25.3 Å². The minimum atomic E-state index is -0.257. The minimum Gasteiger partial charge on any atom is -0.497 e. The molecule has 144 valence electrons. The molecule has 1 amide bonds. The van der Waals surface area contributed by atoms with Crippen LogP contribution in [0.5, 0.6) is 5.75 Å². The molecule has 1 aliphatic rings. The number of hydrogen-bond acceptors (Lipinski definition) is 4. The van der Waals surface area contributed by atoms with Gasteiger partial charge < -0.3 is 15.0 Å². The maximum atomic E-state index is 12.6. The Hall–Kier alpha value is -1.95. The topological polar surface area (TPSA) is 44.8 Å². The van der Waals surface area contributed by atoms with Gasteiger partial charge in [0.05, 0.1) is 23.9 Å².